The maximum absolute atomic E-state index is 5.05. The molecule has 0 aromatic heterocycles. The first-order chi connectivity index (χ1) is 4.47. The molecule has 1 aliphatic rings. The number of para-hydroxylation sites is 2. The van der Waals surface area contributed by atoms with Crippen molar-refractivity contribution >= 4 is 9.03 Å². The molecule has 45 valence electrons. The van der Waals surface area contributed by atoms with Crippen LogP contribution in [0.1, 0.15) is 0 Å². The SMILES string of the molecule is c1ccc2c(c1)O[P]O2. The normalized spacial score (nSPS) is 13.8. The van der Waals surface area contributed by atoms with Crippen molar-refractivity contribution < 1.29 is 9.05 Å². The summed E-state index contributed by atoms with van der Waals surface area (Å²) in [5.41, 5.74) is 0. The zero-order valence-corrected chi connectivity index (χ0v) is 5.47. The van der Waals surface area contributed by atoms with E-state index in [0.29, 0.717) is 9.03 Å². The topological polar surface area (TPSA) is 18.5 Å². The molecule has 0 amide bonds. The Morgan fingerprint density at radius 3 is 2.11 bits per heavy atom. The van der Waals surface area contributed by atoms with Gasteiger partial charge >= 0.3 is 9.03 Å². The average Bonchev–Trinajstić information content (AvgIpc) is 2.33. The van der Waals surface area contributed by atoms with Gasteiger partial charge in [-0.05, 0) is 12.1 Å². The average molecular weight is 139 g/mol. The lowest BCUT2D eigenvalue weighted by atomic mass is 10.3. The van der Waals surface area contributed by atoms with Crippen molar-refractivity contribution in [3.8, 4) is 11.5 Å². The molecular weight excluding hydrogens is 135 g/mol. The van der Waals surface area contributed by atoms with E-state index in [4.69, 9.17) is 9.05 Å². The number of rotatable bonds is 0. The third-order valence-corrected chi connectivity index (χ3v) is 1.66. The largest absolute Gasteiger partial charge is 0.427 e. The summed E-state index contributed by atoms with van der Waals surface area (Å²) in [6.45, 7) is 0. The number of fused-ring (bicyclic) bond motifs is 1. The molecule has 0 saturated heterocycles. The van der Waals surface area contributed by atoms with Gasteiger partial charge in [0.2, 0.25) is 0 Å². The van der Waals surface area contributed by atoms with Gasteiger partial charge in [-0.1, -0.05) is 12.1 Å². The van der Waals surface area contributed by atoms with Gasteiger partial charge in [-0.2, -0.15) is 0 Å². The van der Waals surface area contributed by atoms with Gasteiger partial charge in [0.25, 0.3) is 0 Å². The van der Waals surface area contributed by atoms with Crippen molar-refractivity contribution in [2.24, 2.45) is 0 Å². The van der Waals surface area contributed by atoms with Crippen molar-refractivity contribution in [2.75, 3.05) is 0 Å². The van der Waals surface area contributed by atoms with Crippen molar-refractivity contribution in [1.82, 2.24) is 0 Å². The van der Waals surface area contributed by atoms with E-state index in [1.807, 2.05) is 24.3 Å². The van der Waals surface area contributed by atoms with E-state index < -0.39 is 0 Å². The molecule has 2 nitrogen and oxygen atoms in total. The quantitative estimate of drug-likeness (QED) is 0.513. The van der Waals surface area contributed by atoms with Gasteiger partial charge in [-0.15, -0.1) is 0 Å². The minimum atomic E-state index is 0.575. The summed E-state index contributed by atoms with van der Waals surface area (Å²) in [6.07, 6.45) is 0. The predicted octanol–water partition coefficient (Wildman–Crippen LogP) is 2.23. The molecule has 1 heterocycles. The van der Waals surface area contributed by atoms with Gasteiger partial charge in [0.1, 0.15) is 0 Å². The maximum atomic E-state index is 5.05. The van der Waals surface area contributed by atoms with E-state index in [-0.39, 0.29) is 0 Å². The Labute approximate surface area is 54.7 Å². The molecule has 0 saturated carbocycles. The van der Waals surface area contributed by atoms with Crippen molar-refractivity contribution in [2.45, 2.75) is 0 Å². The molecule has 9 heavy (non-hydrogen) atoms. The first-order valence-electron chi connectivity index (χ1n) is 2.60. The van der Waals surface area contributed by atoms with Crippen molar-refractivity contribution in [3.63, 3.8) is 0 Å². The van der Waals surface area contributed by atoms with Crippen LogP contribution < -0.4 is 9.05 Å². The Hall–Kier alpha value is -0.750. The standard InChI is InChI=1S/C6H4O2P/c1-2-4-6-5(3-1)7-9-8-6/h1-4H. The second-order valence-electron chi connectivity index (χ2n) is 1.70. The van der Waals surface area contributed by atoms with Gasteiger partial charge in [-0.25, -0.2) is 0 Å². The Kier molecular flexibility index (Phi) is 1.06. The highest BCUT2D eigenvalue weighted by molar-refractivity contribution is 7.27. The van der Waals surface area contributed by atoms with E-state index >= 15 is 0 Å². The van der Waals surface area contributed by atoms with Crippen LogP contribution in [0.2, 0.25) is 0 Å². The van der Waals surface area contributed by atoms with Crippen LogP contribution in [-0.2, 0) is 0 Å². The molecule has 3 heteroatoms. The fourth-order valence-electron chi connectivity index (χ4n) is 0.700. The summed E-state index contributed by atoms with van der Waals surface area (Å²) in [7, 11) is 0.575. The summed E-state index contributed by atoms with van der Waals surface area (Å²) in [5, 5.41) is 0. The molecule has 0 spiro atoms. The minimum Gasteiger partial charge on any atom is -0.427 e. The van der Waals surface area contributed by atoms with Crippen molar-refractivity contribution in [3.05, 3.63) is 24.3 Å². The van der Waals surface area contributed by atoms with Crippen LogP contribution in [0, 0.1) is 0 Å². The Bertz CT molecular complexity index is 201. The fraction of sp³-hybridized carbons (Fsp3) is 0. The number of hydrogen-bond donors (Lipinski definition) is 0. The van der Waals surface area contributed by atoms with E-state index in [1.165, 1.54) is 0 Å². The van der Waals surface area contributed by atoms with E-state index in [0.717, 1.165) is 11.5 Å². The molecule has 0 aliphatic carbocycles. The monoisotopic (exact) mass is 139 g/mol. The first kappa shape index (κ1) is 5.07. The third-order valence-electron chi connectivity index (χ3n) is 1.12. The summed E-state index contributed by atoms with van der Waals surface area (Å²) in [6, 6.07) is 7.61. The van der Waals surface area contributed by atoms with Crippen LogP contribution in [0.15, 0.2) is 24.3 Å². The highest BCUT2D eigenvalue weighted by atomic mass is 31.1. The van der Waals surface area contributed by atoms with Crippen LogP contribution in [0.3, 0.4) is 0 Å². The Balaban J connectivity index is 2.54. The lowest BCUT2D eigenvalue weighted by Crippen LogP contribution is -1.66. The molecule has 0 bridgehead atoms. The molecule has 1 radical (unpaired) electrons. The summed E-state index contributed by atoms with van der Waals surface area (Å²) in [5.74, 6) is 1.67. The Morgan fingerprint density at radius 2 is 1.56 bits per heavy atom. The molecule has 0 N–H and O–H groups in total. The maximum Gasteiger partial charge on any atom is 0.405 e. The van der Waals surface area contributed by atoms with Gasteiger partial charge in [0.05, 0.1) is 0 Å². The number of benzene rings is 1. The van der Waals surface area contributed by atoms with Gasteiger partial charge in [-0.3, -0.25) is 0 Å². The molecule has 1 aromatic rings. The van der Waals surface area contributed by atoms with Gasteiger partial charge < -0.3 is 9.05 Å². The van der Waals surface area contributed by atoms with E-state index in [9.17, 15) is 0 Å². The lowest BCUT2D eigenvalue weighted by molar-refractivity contribution is 0.603. The third kappa shape index (κ3) is 0.757. The molecule has 0 unspecified atom stereocenters. The minimum absolute atomic E-state index is 0.575. The highest BCUT2D eigenvalue weighted by Crippen LogP contribution is 2.40. The Morgan fingerprint density at radius 1 is 1.00 bits per heavy atom. The van der Waals surface area contributed by atoms with Gasteiger partial charge in [0.15, 0.2) is 11.5 Å². The molecule has 0 fully saturated rings. The second-order valence-corrected chi connectivity index (χ2v) is 2.22. The molecule has 1 aromatic carbocycles. The van der Waals surface area contributed by atoms with Crippen LogP contribution >= 0.6 is 9.03 Å². The van der Waals surface area contributed by atoms with Crippen LogP contribution in [0.4, 0.5) is 0 Å². The first-order valence-corrected chi connectivity index (χ1v) is 3.33. The van der Waals surface area contributed by atoms with Crippen LogP contribution in [-0.4, -0.2) is 0 Å². The fourth-order valence-corrected chi connectivity index (χ4v) is 1.20. The smallest absolute Gasteiger partial charge is 0.405 e. The van der Waals surface area contributed by atoms with Crippen LogP contribution in [0.5, 0.6) is 11.5 Å². The van der Waals surface area contributed by atoms with E-state index in [1.54, 1.807) is 0 Å². The molecule has 0 atom stereocenters. The summed E-state index contributed by atoms with van der Waals surface area (Å²) in [4.78, 5) is 0. The lowest BCUT2D eigenvalue weighted by Gasteiger charge is -1.88. The molecule has 2 rings (SSSR count). The predicted molar refractivity (Wildman–Crippen MR) is 34.6 cm³/mol. The van der Waals surface area contributed by atoms with Crippen molar-refractivity contribution in [1.29, 1.82) is 0 Å². The highest BCUT2D eigenvalue weighted by Gasteiger charge is 2.12. The van der Waals surface area contributed by atoms with Crippen LogP contribution in [0.25, 0.3) is 0 Å². The zero-order chi connectivity index (χ0) is 6.10. The zero-order valence-electron chi connectivity index (χ0n) is 4.57. The summed E-state index contributed by atoms with van der Waals surface area (Å²) >= 11 is 0. The molecule has 1 aliphatic heterocycles. The van der Waals surface area contributed by atoms with E-state index in [2.05, 4.69) is 0 Å². The summed E-state index contributed by atoms with van der Waals surface area (Å²) < 4.78 is 10.1. The second kappa shape index (κ2) is 1.89. The van der Waals surface area contributed by atoms with Gasteiger partial charge in [0, 0.05) is 0 Å². The number of hydrogen-bond acceptors (Lipinski definition) is 2. The molecular formula is C6H4O2P.